The minimum absolute atomic E-state index is 0. The van der Waals surface area contributed by atoms with Crippen LogP contribution < -0.4 is 10.6 Å². The molecule has 1 fully saturated rings. The van der Waals surface area contributed by atoms with Gasteiger partial charge in [-0.15, -0.1) is 35.3 Å². The van der Waals surface area contributed by atoms with E-state index in [4.69, 9.17) is 4.42 Å². The Hall–Kier alpha value is -0.580. The van der Waals surface area contributed by atoms with Crippen molar-refractivity contribution in [2.75, 3.05) is 26.7 Å². The molecule has 0 aromatic carbocycles. The van der Waals surface area contributed by atoms with Crippen molar-refractivity contribution >= 4 is 57.2 Å². The van der Waals surface area contributed by atoms with Gasteiger partial charge >= 0.3 is 0 Å². The zero-order valence-electron chi connectivity index (χ0n) is 14.9. The minimum Gasteiger partial charge on any atom is -0.468 e. The van der Waals surface area contributed by atoms with E-state index in [9.17, 15) is 0 Å². The fourth-order valence-electron chi connectivity index (χ4n) is 3.15. The van der Waals surface area contributed by atoms with E-state index in [0.717, 1.165) is 41.7 Å². The van der Waals surface area contributed by atoms with Gasteiger partial charge in [-0.05, 0) is 66.1 Å². The van der Waals surface area contributed by atoms with Crippen LogP contribution in [0.15, 0.2) is 43.7 Å². The summed E-state index contributed by atoms with van der Waals surface area (Å²) in [5.41, 5.74) is 0. The highest BCUT2D eigenvalue weighted by Crippen LogP contribution is 2.24. The number of thiophene rings is 1. The third-order valence-electron chi connectivity index (χ3n) is 4.45. The summed E-state index contributed by atoms with van der Waals surface area (Å²) in [6, 6.07) is 8.47. The third-order valence-corrected chi connectivity index (χ3v) is 6.07. The summed E-state index contributed by atoms with van der Waals surface area (Å²) < 4.78 is 6.85. The molecule has 144 valence electrons. The van der Waals surface area contributed by atoms with E-state index in [1.165, 1.54) is 24.1 Å². The molecule has 2 aromatic heterocycles. The molecule has 8 heteroatoms. The topological polar surface area (TPSA) is 52.8 Å². The lowest BCUT2D eigenvalue weighted by Gasteiger charge is -2.33. The molecule has 2 aromatic rings. The Morgan fingerprint density at radius 1 is 1.27 bits per heavy atom. The maximum Gasteiger partial charge on any atom is 0.191 e. The van der Waals surface area contributed by atoms with Crippen LogP contribution in [0.2, 0.25) is 0 Å². The highest BCUT2D eigenvalue weighted by molar-refractivity contribution is 14.0. The van der Waals surface area contributed by atoms with Gasteiger partial charge in [0, 0.05) is 18.5 Å². The molecule has 5 nitrogen and oxygen atoms in total. The monoisotopic (exact) mass is 552 g/mol. The van der Waals surface area contributed by atoms with Crippen LogP contribution in [0.25, 0.3) is 0 Å². The first-order chi connectivity index (χ1) is 12.3. The van der Waals surface area contributed by atoms with Crippen molar-refractivity contribution in [2.45, 2.75) is 31.8 Å². The zero-order valence-corrected chi connectivity index (χ0v) is 19.6. The highest BCUT2D eigenvalue weighted by atomic mass is 127. The van der Waals surface area contributed by atoms with Crippen LogP contribution in [0.3, 0.4) is 0 Å². The van der Waals surface area contributed by atoms with Crippen LogP contribution in [0.4, 0.5) is 0 Å². The van der Waals surface area contributed by atoms with Crippen LogP contribution in [-0.2, 0) is 6.54 Å². The van der Waals surface area contributed by atoms with Crippen molar-refractivity contribution in [3.8, 4) is 0 Å². The Morgan fingerprint density at radius 3 is 2.69 bits per heavy atom. The summed E-state index contributed by atoms with van der Waals surface area (Å²) >= 11 is 5.23. The molecule has 0 radical (unpaired) electrons. The first kappa shape index (κ1) is 21.7. The Kier molecular flexibility index (Phi) is 9.44. The van der Waals surface area contributed by atoms with E-state index in [1.807, 2.05) is 13.1 Å². The van der Waals surface area contributed by atoms with Crippen LogP contribution >= 0.6 is 51.2 Å². The van der Waals surface area contributed by atoms with Crippen molar-refractivity contribution in [3.05, 3.63) is 45.0 Å². The standard InChI is InChI=1S/C18H25BrN4OS.HI/c1-20-18(21-12-14-7-8-17(19)25-14)22-13-15(16-6-5-11-24-16)23-9-3-2-4-10-23;/h5-8,11,15H,2-4,9-10,12-13H2,1H3,(H2,20,21,22);1H. The smallest absolute Gasteiger partial charge is 0.191 e. The number of furan rings is 1. The normalized spacial score (nSPS) is 16.8. The van der Waals surface area contributed by atoms with Crippen molar-refractivity contribution in [1.29, 1.82) is 0 Å². The molecule has 3 rings (SSSR count). The van der Waals surface area contributed by atoms with Crippen molar-refractivity contribution < 1.29 is 4.42 Å². The molecule has 2 N–H and O–H groups in total. The Labute approximate surface area is 184 Å². The molecule has 0 amide bonds. The molecule has 26 heavy (non-hydrogen) atoms. The Balaban J connectivity index is 0.00000243. The number of hydrogen-bond donors (Lipinski definition) is 2. The largest absolute Gasteiger partial charge is 0.468 e. The van der Waals surface area contributed by atoms with Gasteiger partial charge in [-0.25, -0.2) is 0 Å². The number of hydrogen-bond acceptors (Lipinski definition) is 4. The minimum atomic E-state index is 0. The predicted molar refractivity (Wildman–Crippen MR) is 123 cm³/mol. The molecular weight excluding hydrogens is 527 g/mol. The molecule has 1 saturated heterocycles. The lowest BCUT2D eigenvalue weighted by molar-refractivity contribution is 0.146. The van der Waals surface area contributed by atoms with Crippen molar-refractivity contribution in [3.63, 3.8) is 0 Å². The van der Waals surface area contributed by atoms with E-state index in [-0.39, 0.29) is 30.0 Å². The second kappa shape index (κ2) is 11.3. The van der Waals surface area contributed by atoms with Gasteiger partial charge in [0.05, 0.1) is 22.6 Å². The number of rotatable bonds is 6. The molecular formula is C18H26BrIN4OS. The molecule has 1 aliphatic heterocycles. The summed E-state index contributed by atoms with van der Waals surface area (Å²) in [4.78, 5) is 8.13. The molecule has 0 spiro atoms. The average molecular weight is 553 g/mol. The van der Waals surface area contributed by atoms with Crippen LogP contribution in [0, 0.1) is 0 Å². The maximum absolute atomic E-state index is 5.70. The van der Waals surface area contributed by atoms with Gasteiger partial charge in [-0.2, -0.15) is 0 Å². The van der Waals surface area contributed by atoms with E-state index < -0.39 is 0 Å². The molecule has 0 aliphatic carbocycles. The average Bonchev–Trinajstić information content (AvgIpc) is 3.31. The van der Waals surface area contributed by atoms with Gasteiger partial charge in [0.2, 0.25) is 0 Å². The van der Waals surface area contributed by atoms with Crippen LogP contribution in [0.5, 0.6) is 0 Å². The van der Waals surface area contributed by atoms with Gasteiger partial charge in [0.25, 0.3) is 0 Å². The number of halogens is 2. The molecule has 3 heterocycles. The van der Waals surface area contributed by atoms with Crippen molar-refractivity contribution in [2.24, 2.45) is 4.99 Å². The van der Waals surface area contributed by atoms with E-state index in [2.05, 4.69) is 54.7 Å². The number of nitrogens with zero attached hydrogens (tertiary/aromatic N) is 2. The Bertz CT molecular complexity index is 671. The number of likely N-dealkylation sites (tertiary alicyclic amines) is 1. The van der Waals surface area contributed by atoms with Gasteiger partial charge in [0.15, 0.2) is 5.96 Å². The van der Waals surface area contributed by atoms with Gasteiger partial charge in [-0.1, -0.05) is 6.42 Å². The fraction of sp³-hybridized carbons (Fsp3) is 0.500. The summed E-state index contributed by atoms with van der Waals surface area (Å²) in [6.45, 7) is 3.80. The van der Waals surface area contributed by atoms with E-state index in [1.54, 1.807) is 17.6 Å². The van der Waals surface area contributed by atoms with Gasteiger partial charge < -0.3 is 15.1 Å². The zero-order chi connectivity index (χ0) is 17.5. The second-order valence-corrected chi connectivity index (χ2v) is 8.69. The van der Waals surface area contributed by atoms with E-state index >= 15 is 0 Å². The highest BCUT2D eigenvalue weighted by Gasteiger charge is 2.24. The third kappa shape index (κ3) is 6.24. The first-order valence-electron chi connectivity index (χ1n) is 8.72. The van der Waals surface area contributed by atoms with Gasteiger partial charge in [0.1, 0.15) is 5.76 Å². The lowest BCUT2D eigenvalue weighted by atomic mass is 10.1. The summed E-state index contributed by atoms with van der Waals surface area (Å²) in [5.74, 6) is 1.84. The number of nitrogens with one attached hydrogen (secondary N) is 2. The maximum atomic E-state index is 5.70. The molecule has 1 unspecified atom stereocenters. The first-order valence-corrected chi connectivity index (χ1v) is 10.3. The predicted octanol–water partition coefficient (Wildman–Crippen LogP) is 4.61. The van der Waals surface area contributed by atoms with Gasteiger partial charge in [-0.3, -0.25) is 9.89 Å². The number of guanidine groups is 1. The number of aliphatic imine (C=N–C) groups is 1. The SMILES string of the molecule is CN=C(NCc1ccc(Br)s1)NCC(c1ccco1)N1CCCCC1.I. The van der Waals surface area contributed by atoms with E-state index in [0.29, 0.717) is 0 Å². The number of piperidine rings is 1. The summed E-state index contributed by atoms with van der Waals surface area (Å²) in [6.07, 6.45) is 5.61. The molecule has 1 aliphatic rings. The molecule has 0 bridgehead atoms. The quantitative estimate of drug-likeness (QED) is 0.312. The van der Waals surface area contributed by atoms with Crippen LogP contribution in [-0.4, -0.2) is 37.5 Å². The Morgan fingerprint density at radius 2 is 2.08 bits per heavy atom. The second-order valence-electron chi connectivity index (χ2n) is 6.14. The van der Waals surface area contributed by atoms with Crippen molar-refractivity contribution in [1.82, 2.24) is 15.5 Å². The fourth-order valence-corrected chi connectivity index (χ4v) is 4.57. The lowest BCUT2D eigenvalue weighted by Crippen LogP contribution is -2.44. The molecule has 0 saturated carbocycles. The molecule has 1 atom stereocenters. The van der Waals surface area contributed by atoms with Crippen LogP contribution in [0.1, 0.15) is 35.9 Å². The summed E-state index contributed by atoms with van der Waals surface area (Å²) in [7, 11) is 1.81. The summed E-state index contributed by atoms with van der Waals surface area (Å²) in [5, 5.41) is 6.84.